The summed E-state index contributed by atoms with van der Waals surface area (Å²) in [6.07, 6.45) is 5.41. The van der Waals surface area contributed by atoms with Crippen LogP contribution < -0.4 is 10.1 Å². The lowest BCUT2D eigenvalue weighted by Gasteiger charge is -2.32. The molecule has 1 atom stereocenters. The number of ether oxygens (including phenoxy) is 1. The fourth-order valence-corrected chi connectivity index (χ4v) is 3.28. The molecule has 3 rings (SSSR count). The topological polar surface area (TPSA) is 76.5 Å². The first-order chi connectivity index (χ1) is 13.5. The number of nitrogens with one attached hydrogen (secondary N) is 1. The van der Waals surface area contributed by atoms with Crippen molar-refractivity contribution in [3.05, 3.63) is 42.7 Å². The minimum absolute atomic E-state index is 0.0288. The second kappa shape index (κ2) is 9.39. The molecule has 28 heavy (non-hydrogen) atoms. The number of nitrogens with zero attached hydrogens (tertiary/aromatic N) is 3. The van der Waals surface area contributed by atoms with E-state index in [1.807, 2.05) is 50.4 Å². The van der Waals surface area contributed by atoms with E-state index in [-0.39, 0.29) is 23.8 Å². The van der Waals surface area contributed by atoms with Crippen molar-refractivity contribution in [1.29, 1.82) is 0 Å². The standard InChI is InChI=1S/C21H28N4O3/c1-16(2)25-15-18(13-22-25)23-21(27)17-7-6-11-24(14-17)20(26)10-12-28-19-8-4-3-5-9-19/h3-5,8-9,13,15-17H,6-7,10-12,14H2,1-2H3,(H,23,27). The lowest BCUT2D eigenvalue weighted by molar-refractivity contribution is -0.135. The number of amides is 2. The number of hydrogen-bond donors (Lipinski definition) is 1. The molecule has 7 heteroatoms. The Kier molecular flexibility index (Phi) is 6.68. The predicted molar refractivity (Wildman–Crippen MR) is 107 cm³/mol. The summed E-state index contributed by atoms with van der Waals surface area (Å²) in [6.45, 7) is 5.55. The zero-order valence-electron chi connectivity index (χ0n) is 16.5. The third-order valence-electron chi connectivity index (χ3n) is 4.87. The maximum absolute atomic E-state index is 12.6. The molecule has 1 aliphatic heterocycles. The van der Waals surface area contributed by atoms with Gasteiger partial charge in [0.05, 0.1) is 30.8 Å². The van der Waals surface area contributed by atoms with Crippen LogP contribution in [0.5, 0.6) is 5.75 Å². The van der Waals surface area contributed by atoms with Crippen molar-refractivity contribution in [3.8, 4) is 5.75 Å². The fraction of sp³-hybridized carbons (Fsp3) is 0.476. The van der Waals surface area contributed by atoms with Gasteiger partial charge in [-0.3, -0.25) is 14.3 Å². The van der Waals surface area contributed by atoms with Crippen LogP contribution >= 0.6 is 0 Å². The molecule has 7 nitrogen and oxygen atoms in total. The van der Waals surface area contributed by atoms with E-state index in [2.05, 4.69) is 10.4 Å². The summed E-state index contributed by atoms with van der Waals surface area (Å²) in [4.78, 5) is 26.9. The SMILES string of the molecule is CC(C)n1cc(NC(=O)C2CCCN(C(=O)CCOc3ccccc3)C2)cn1. The molecule has 0 spiro atoms. The van der Waals surface area contributed by atoms with Gasteiger partial charge in [-0.1, -0.05) is 18.2 Å². The molecular weight excluding hydrogens is 356 g/mol. The number of carbonyl (C=O) groups excluding carboxylic acids is 2. The Morgan fingerprint density at radius 2 is 2.07 bits per heavy atom. The molecule has 1 N–H and O–H groups in total. The Morgan fingerprint density at radius 1 is 1.29 bits per heavy atom. The van der Waals surface area contributed by atoms with E-state index in [0.29, 0.717) is 31.8 Å². The van der Waals surface area contributed by atoms with Crippen molar-refractivity contribution in [2.75, 3.05) is 25.0 Å². The van der Waals surface area contributed by atoms with E-state index in [1.54, 1.807) is 15.8 Å². The minimum Gasteiger partial charge on any atom is -0.493 e. The van der Waals surface area contributed by atoms with Gasteiger partial charge in [-0.15, -0.1) is 0 Å². The number of para-hydroxylation sites is 1. The molecule has 1 saturated heterocycles. The first-order valence-electron chi connectivity index (χ1n) is 9.83. The molecule has 0 aliphatic carbocycles. The van der Waals surface area contributed by atoms with Gasteiger partial charge in [-0.2, -0.15) is 5.10 Å². The second-order valence-corrected chi connectivity index (χ2v) is 7.38. The van der Waals surface area contributed by atoms with Crippen LogP contribution in [0.3, 0.4) is 0 Å². The number of aromatic nitrogens is 2. The van der Waals surface area contributed by atoms with E-state index in [1.165, 1.54) is 0 Å². The van der Waals surface area contributed by atoms with Crippen LogP contribution in [0.1, 0.15) is 39.2 Å². The number of benzene rings is 1. The monoisotopic (exact) mass is 384 g/mol. The zero-order chi connectivity index (χ0) is 19.9. The molecule has 0 saturated carbocycles. The molecule has 0 bridgehead atoms. The van der Waals surface area contributed by atoms with Crippen molar-refractivity contribution < 1.29 is 14.3 Å². The largest absolute Gasteiger partial charge is 0.493 e. The van der Waals surface area contributed by atoms with E-state index in [0.717, 1.165) is 18.6 Å². The van der Waals surface area contributed by atoms with E-state index < -0.39 is 0 Å². The number of carbonyl (C=O) groups is 2. The van der Waals surface area contributed by atoms with Crippen molar-refractivity contribution >= 4 is 17.5 Å². The normalized spacial score (nSPS) is 16.8. The lowest BCUT2D eigenvalue weighted by atomic mass is 9.97. The molecule has 1 aromatic heterocycles. The highest BCUT2D eigenvalue weighted by Crippen LogP contribution is 2.20. The molecular formula is C21H28N4O3. The zero-order valence-corrected chi connectivity index (χ0v) is 16.5. The Labute approximate surface area is 165 Å². The van der Waals surface area contributed by atoms with Gasteiger partial charge in [0, 0.05) is 25.3 Å². The summed E-state index contributed by atoms with van der Waals surface area (Å²) in [6, 6.07) is 9.70. The van der Waals surface area contributed by atoms with Crippen LogP contribution in [0.4, 0.5) is 5.69 Å². The molecule has 2 amide bonds. The molecule has 1 aliphatic rings. The van der Waals surface area contributed by atoms with Gasteiger partial charge < -0.3 is 15.0 Å². The average molecular weight is 384 g/mol. The van der Waals surface area contributed by atoms with Crippen LogP contribution in [0.25, 0.3) is 0 Å². The van der Waals surface area contributed by atoms with Gasteiger partial charge in [0.15, 0.2) is 0 Å². The number of anilines is 1. The highest BCUT2D eigenvalue weighted by atomic mass is 16.5. The molecule has 2 heterocycles. The molecule has 150 valence electrons. The first-order valence-corrected chi connectivity index (χ1v) is 9.83. The average Bonchev–Trinajstić information content (AvgIpc) is 3.17. The Balaban J connectivity index is 1.47. The van der Waals surface area contributed by atoms with Gasteiger partial charge in [-0.05, 0) is 38.8 Å². The van der Waals surface area contributed by atoms with E-state index in [9.17, 15) is 9.59 Å². The lowest BCUT2D eigenvalue weighted by Crippen LogP contribution is -2.44. The second-order valence-electron chi connectivity index (χ2n) is 7.38. The maximum Gasteiger partial charge on any atom is 0.229 e. The summed E-state index contributed by atoms with van der Waals surface area (Å²) in [5, 5.41) is 7.17. The van der Waals surface area contributed by atoms with E-state index >= 15 is 0 Å². The maximum atomic E-state index is 12.6. The number of rotatable bonds is 7. The highest BCUT2D eigenvalue weighted by Gasteiger charge is 2.28. The summed E-state index contributed by atoms with van der Waals surface area (Å²) >= 11 is 0. The van der Waals surface area contributed by atoms with Gasteiger partial charge >= 0.3 is 0 Å². The Morgan fingerprint density at radius 3 is 2.79 bits per heavy atom. The third-order valence-corrected chi connectivity index (χ3v) is 4.87. The Bertz CT molecular complexity index is 788. The van der Waals surface area contributed by atoms with Crippen molar-refractivity contribution in [3.63, 3.8) is 0 Å². The minimum atomic E-state index is -0.199. The molecule has 0 radical (unpaired) electrons. The fourth-order valence-electron chi connectivity index (χ4n) is 3.28. The van der Waals surface area contributed by atoms with Crippen molar-refractivity contribution in [2.45, 2.75) is 39.2 Å². The predicted octanol–water partition coefficient (Wildman–Crippen LogP) is 3.11. The van der Waals surface area contributed by atoms with Crippen LogP contribution in [-0.4, -0.2) is 46.2 Å². The number of piperidine rings is 1. The molecule has 1 aromatic carbocycles. The number of hydrogen-bond acceptors (Lipinski definition) is 4. The third kappa shape index (κ3) is 5.34. The van der Waals surface area contributed by atoms with Gasteiger partial charge in [-0.25, -0.2) is 0 Å². The molecule has 1 fully saturated rings. The molecule has 1 unspecified atom stereocenters. The van der Waals surface area contributed by atoms with Gasteiger partial charge in [0.25, 0.3) is 0 Å². The summed E-state index contributed by atoms with van der Waals surface area (Å²) in [5.74, 6) is 0.533. The van der Waals surface area contributed by atoms with Crippen molar-refractivity contribution in [2.24, 2.45) is 5.92 Å². The van der Waals surface area contributed by atoms with Gasteiger partial charge in [0.1, 0.15) is 5.75 Å². The summed E-state index contributed by atoms with van der Waals surface area (Å²) in [5.41, 5.74) is 0.693. The first kappa shape index (κ1) is 19.9. The van der Waals surface area contributed by atoms with E-state index in [4.69, 9.17) is 4.74 Å². The smallest absolute Gasteiger partial charge is 0.229 e. The van der Waals surface area contributed by atoms with Crippen LogP contribution in [0.15, 0.2) is 42.7 Å². The van der Waals surface area contributed by atoms with Crippen LogP contribution in [0.2, 0.25) is 0 Å². The van der Waals surface area contributed by atoms with Crippen molar-refractivity contribution in [1.82, 2.24) is 14.7 Å². The quantitative estimate of drug-likeness (QED) is 0.796. The number of likely N-dealkylation sites (tertiary alicyclic amines) is 1. The summed E-state index contributed by atoms with van der Waals surface area (Å²) < 4.78 is 7.41. The molecule has 2 aromatic rings. The van der Waals surface area contributed by atoms with Gasteiger partial charge in [0.2, 0.25) is 11.8 Å². The van der Waals surface area contributed by atoms with Crippen LogP contribution in [-0.2, 0) is 9.59 Å². The summed E-state index contributed by atoms with van der Waals surface area (Å²) in [7, 11) is 0. The highest BCUT2D eigenvalue weighted by molar-refractivity contribution is 5.93. The van der Waals surface area contributed by atoms with Crippen LogP contribution in [0, 0.1) is 5.92 Å². The Hall–Kier alpha value is -2.83.